The maximum Gasteiger partial charge on any atom is 0.0300 e. The van der Waals surface area contributed by atoms with Crippen LogP contribution in [0.1, 0.15) is 34.1 Å². The highest BCUT2D eigenvalue weighted by Crippen LogP contribution is 2.21. The van der Waals surface area contributed by atoms with Crippen LogP contribution in [-0.2, 0) is 0 Å². The normalized spacial score (nSPS) is 15.5. The van der Waals surface area contributed by atoms with Gasteiger partial charge in [0.25, 0.3) is 0 Å². The van der Waals surface area contributed by atoms with Crippen LogP contribution >= 0.6 is 0 Å². The second-order valence-electron chi connectivity index (χ2n) is 5.02. The summed E-state index contributed by atoms with van der Waals surface area (Å²) in [4.78, 5) is 2.29. The van der Waals surface area contributed by atoms with Gasteiger partial charge in [0.05, 0.1) is 0 Å². The number of nitrogens with zero attached hydrogens (tertiary/aromatic N) is 1. The first-order chi connectivity index (χ1) is 5.82. The quantitative estimate of drug-likeness (QED) is 0.706. The molecule has 0 aliphatic carbocycles. The lowest BCUT2D eigenvalue weighted by Crippen LogP contribution is -2.54. The highest BCUT2D eigenvalue weighted by Gasteiger charge is 2.30. The van der Waals surface area contributed by atoms with Crippen molar-refractivity contribution in [2.45, 2.75) is 45.7 Å². The Hall–Kier alpha value is -0.0800. The van der Waals surface area contributed by atoms with E-state index in [4.69, 9.17) is 0 Å². The second-order valence-corrected chi connectivity index (χ2v) is 5.02. The molecule has 80 valence electrons. The Morgan fingerprint density at radius 1 is 1.23 bits per heavy atom. The molecule has 0 bridgehead atoms. The van der Waals surface area contributed by atoms with Gasteiger partial charge in [0.15, 0.2) is 0 Å². The molecule has 0 aromatic carbocycles. The molecule has 0 aromatic rings. The third kappa shape index (κ3) is 3.65. The van der Waals surface area contributed by atoms with E-state index in [0.717, 1.165) is 5.92 Å². The van der Waals surface area contributed by atoms with Crippen LogP contribution in [0.4, 0.5) is 0 Å². The molecule has 0 saturated carbocycles. The SMILES string of the molecule is CNC(CC(C)C)C(C)(C)N(C)C. The van der Waals surface area contributed by atoms with Crippen molar-refractivity contribution in [3.05, 3.63) is 0 Å². The maximum atomic E-state index is 3.41. The molecule has 0 fully saturated rings. The summed E-state index contributed by atoms with van der Waals surface area (Å²) in [7, 11) is 6.34. The molecule has 0 aliphatic rings. The average molecular weight is 186 g/mol. The summed E-state index contributed by atoms with van der Waals surface area (Å²) in [5.41, 5.74) is 0.221. The van der Waals surface area contributed by atoms with E-state index >= 15 is 0 Å². The standard InChI is InChI=1S/C11H26N2/c1-9(2)8-10(12-5)11(3,4)13(6)7/h9-10,12H,8H2,1-7H3. The Labute approximate surface area is 83.7 Å². The van der Waals surface area contributed by atoms with Gasteiger partial charge in [-0.25, -0.2) is 0 Å². The Bertz CT molecular complexity index is 139. The Morgan fingerprint density at radius 3 is 1.92 bits per heavy atom. The third-order valence-electron chi connectivity index (χ3n) is 3.06. The molecular formula is C11H26N2. The minimum atomic E-state index is 0.221. The van der Waals surface area contributed by atoms with Crippen molar-refractivity contribution in [3.63, 3.8) is 0 Å². The molecule has 0 spiro atoms. The molecule has 1 unspecified atom stereocenters. The van der Waals surface area contributed by atoms with Gasteiger partial charge >= 0.3 is 0 Å². The first-order valence-electron chi connectivity index (χ1n) is 5.17. The van der Waals surface area contributed by atoms with Crippen molar-refractivity contribution in [1.82, 2.24) is 10.2 Å². The smallest absolute Gasteiger partial charge is 0.0300 e. The van der Waals surface area contributed by atoms with Gasteiger partial charge in [-0.2, -0.15) is 0 Å². The van der Waals surface area contributed by atoms with Crippen molar-refractivity contribution in [2.75, 3.05) is 21.1 Å². The van der Waals surface area contributed by atoms with Gasteiger partial charge in [0, 0.05) is 11.6 Å². The van der Waals surface area contributed by atoms with E-state index in [2.05, 4.69) is 59.1 Å². The summed E-state index contributed by atoms with van der Waals surface area (Å²) >= 11 is 0. The van der Waals surface area contributed by atoms with Gasteiger partial charge in [-0.1, -0.05) is 13.8 Å². The van der Waals surface area contributed by atoms with Gasteiger partial charge in [-0.3, -0.25) is 0 Å². The summed E-state index contributed by atoms with van der Waals surface area (Å²) in [5, 5.41) is 3.41. The summed E-state index contributed by atoms with van der Waals surface area (Å²) in [5.74, 6) is 0.747. The molecule has 0 heterocycles. The highest BCUT2D eigenvalue weighted by molar-refractivity contribution is 4.90. The fourth-order valence-corrected chi connectivity index (χ4v) is 1.54. The Balaban J connectivity index is 4.37. The third-order valence-corrected chi connectivity index (χ3v) is 3.06. The van der Waals surface area contributed by atoms with Gasteiger partial charge in [0.2, 0.25) is 0 Å². The molecule has 0 rings (SSSR count). The predicted molar refractivity (Wildman–Crippen MR) is 60.1 cm³/mol. The number of hydrogen-bond donors (Lipinski definition) is 1. The van der Waals surface area contributed by atoms with Crippen LogP contribution in [0.5, 0.6) is 0 Å². The lowest BCUT2D eigenvalue weighted by Gasteiger charge is -2.41. The molecule has 0 amide bonds. The molecule has 0 radical (unpaired) electrons. The molecule has 0 aliphatic heterocycles. The fourth-order valence-electron chi connectivity index (χ4n) is 1.54. The average Bonchev–Trinajstić information content (AvgIpc) is 1.99. The number of nitrogens with one attached hydrogen (secondary N) is 1. The fraction of sp³-hybridized carbons (Fsp3) is 1.00. The second kappa shape index (κ2) is 4.97. The van der Waals surface area contributed by atoms with E-state index in [0.29, 0.717) is 6.04 Å². The first kappa shape index (κ1) is 12.9. The lowest BCUT2D eigenvalue weighted by molar-refractivity contribution is 0.129. The van der Waals surface area contributed by atoms with Crippen molar-refractivity contribution in [2.24, 2.45) is 5.92 Å². The highest BCUT2D eigenvalue weighted by atomic mass is 15.2. The van der Waals surface area contributed by atoms with Crippen molar-refractivity contribution < 1.29 is 0 Å². The zero-order valence-corrected chi connectivity index (χ0v) is 10.3. The largest absolute Gasteiger partial charge is 0.315 e. The zero-order chi connectivity index (χ0) is 10.6. The topological polar surface area (TPSA) is 15.3 Å². The van der Waals surface area contributed by atoms with Crippen LogP contribution in [0, 0.1) is 5.92 Å². The maximum absolute atomic E-state index is 3.41. The van der Waals surface area contributed by atoms with Crippen LogP contribution in [0.2, 0.25) is 0 Å². The molecule has 0 aromatic heterocycles. The van der Waals surface area contributed by atoms with Crippen molar-refractivity contribution >= 4 is 0 Å². The minimum Gasteiger partial charge on any atom is -0.315 e. The van der Waals surface area contributed by atoms with Gasteiger partial charge < -0.3 is 10.2 Å². The summed E-state index contributed by atoms with van der Waals surface area (Å²) < 4.78 is 0. The molecule has 2 heteroatoms. The zero-order valence-electron chi connectivity index (χ0n) is 10.3. The molecule has 0 saturated heterocycles. The summed E-state index contributed by atoms with van der Waals surface area (Å²) in [6.45, 7) is 9.12. The minimum absolute atomic E-state index is 0.221. The van der Waals surface area contributed by atoms with E-state index in [1.165, 1.54) is 6.42 Å². The summed E-state index contributed by atoms with van der Waals surface area (Å²) in [6.07, 6.45) is 1.22. The van der Waals surface area contributed by atoms with Crippen LogP contribution in [0.15, 0.2) is 0 Å². The molecule has 13 heavy (non-hydrogen) atoms. The van der Waals surface area contributed by atoms with Crippen LogP contribution in [0.3, 0.4) is 0 Å². The molecule has 1 N–H and O–H groups in total. The van der Waals surface area contributed by atoms with E-state index < -0.39 is 0 Å². The van der Waals surface area contributed by atoms with E-state index in [9.17, 15) is 0 Å². The predicted octanol–water partition coefficient (Wildman–Crippen LogP) is 1.96. The molecular weight excluding hydrogens is 160 g/mol. The Kier molecular flexibility index (Phi) is 4.93. The van der Waals surface area contributed by atoms with Crippen molar-refractivity contribution in [1.29, 1.82) is 0 Å². The first-order valence-corrected chi connectivity index (χ1v) is 5.17. The number of hydrogen-bond acceptors (Lipinski definition) is 2. The van der Waals surface area contributed by atoms with Gasteiger partial charge in [0.1, 0.15) is 0 Å². The van der Waals surface area contributed by atoms with E-state index in [1.807, 2.05) is 0 Å². The summed E-state index contributed by atoms with van der Waals surface area (Å²) in [6, 6.07) is 0.558. The van der Waals surface area contributed by atoms with E-state index in [1.54, 1.807) is 0 Å². The van der Waals surface area contributed by atoms with Crippen molar-refractivity contribution in [3.8, 4) is 0 Å². The monoisotopic (exact) mass is 186 g/mol. The van der Waals surface area contributed by atoms with Gasteiger partial charge in [-0.05, 0) is 47.3 Å². The van der Waals surface area contributed by atoms with Crippen LogP contribution in [-0.4, -0.2) is 37.6 Å². The van der Waals surface area contributed by atoms with E-state index in [-0.39, 0.29) is 5.54 Å². The molecule has 2 nitrogen and oxygen atoms in total. The van der Waals surface area contributed by atoms with Crippen LogP contribution < -0.4 is 5.32 Å². The van der Waals surface area contributed by atoms with Crippen LogP contribution in [0.25, 0.3) is 0 Å². The van der Waals surface area contributed by atoms with Gasteiger partial charge in [-0.15, -0.1) is 0 Å². The Morgan fingerprint density at radius 2 is 1.69 bits per heavy atom. The lowest BCUT2D eigenvalue weighted by atomic mass is 9.87. The number of likely N-dealkylation sites (N-methyl/N-ethyl adjacent to an activating group) is 2. The molecule has 1 atom stereocenters. The number of rotatable bonds is 5.